The lowest BCUT2D eigenvalue weighted by molar-refractivity contribution is -0.132. The van der Waals surface area contributed by atoms with Crippen molar-refractivity contribution in [1.82, 2.24) is 25.0 Å². The minimum Gasteiger partial charge on any atom is -0.382 e. The second kappa shape index (κ2) is 4.32. The maximum Gasteiger partial charge on any atom is 0.250 e. The minimum atomic E-state index is -0.419. The molecule has 0 fully saturated rings. The van der Waals surface area contributed by atoms with Crippen molar-refractivity contribution in [3.8, 4) is 0 Å². The number of allylic oxidation sites excluding steroid dienone is 1. The van der Waals surface area contributed by atoms with Crippen LogP contribution in [0.5, 0.6) is 0 Å². The Morgan fingerprint density at radius 3 is 3.05 bits per heavy atom. The molecule has 2 aromatic heterocycles. The number of hydrogen-bond donors (Lipinski definition) is 3. The zero-order valence-corrected chi connectivity index (χ0v) is 9.89. The summed E-state index contributed by atoms with van der Waals surface area (Å²) in [6, 6.07) is -0.0402. The second-order valence-electron chi connectivity index (χ2n) is 4.35. The predicted molar refractivity (Wildman–Crippen MR) is 65.9 cm³/mol. The van der Waals surface area contributed by atoms with E-state index in [1.165, 1.54) is 6.33 Å². The van der Waals surface area contributed by atoms with E-state index in [1.807, 2.05) is 10.6 Å². The topological polar surface area (TPSA) is 119 Å². The van der Waals surface area contributed by atoms with Gasteiger partial charge >= 0.3 is 0 Å². The molecule has 0 saturated heterocycles. The zero-order chi connectivity index (χ0) is 13.4. The largest absolute Gasteiger partial charge is 0.382 e. The van der Waals surface area contributed by atoms with Crippen LogP contribution in [0.25, 0.3) is 11.2 Å². The van der Waals surface area contributed by atoms with Crippen molar-refractivity contribution >= 4 is 22.9 Å². The third-order valence-electron chi connectivity index (χ3n) is 3.25. The highest BCUT2D eigenvalue weighted by Crippen LogP contribution is 2.30. The molecular formula is C11H12N6O2. The van der Waals surface area contributed by atoms with Crippen LogP contribution in [-0.4, -0.2) is 30.6 Å². The van der Waals surface area contributed by atoms with Gasteiger partial charge in [-0.15, -0.1) is 0 Å². The average Bonchev–Trinajstić information content (AvgIpc) is 3.04. The third kappa shape index (κ3) is 1.82. The van der Waals surface area contributed by atoms with Gasteiger partial charge in [0.05, 0.1) is 18.3 Å². The number of nitrogens with one attached hydrogen (secondary N) is 1. The van der Waals surface area contributed by atoms with Crippen molar-refractivity contribution in [2.45, 2.75) is 12.5 Å². The maximum atomic E-state index is 11.4. The van der Waals surface area contributed by atoms with Gasteiger partial charge in [0, 0.05) is 0 Å². The van der Waals surface area contributed by atoms with Crippen LogP contribution in [0.4, 0.5) is 5.82 Å². The first-order valence-corrected chi connectivity index (χ1v) is 5.76. The van der Waals surface area contributed by atoms with Gasteiger partial charge in [0.15, 0.2) is 11.5 Å². The Morgan fingerprint density at radius 2 is 2.26 bits per heavy atom. The molecule has 19 heavy (non-hydrogen) atoms. The number of amides is 1. The zero-order valence-electron chi connectivity index (χ0n) is 9.89. The van der Waals surface area contributed by atoms with Crippen molar-refractivity contribution < 1.29 is 10.0 Å². The molecule has 2 heterocycles. The summed E-state index contributed by atoms with van der Waals surface area (Å²) >= 11 is 0. The first-order chi connectivity index (χ1) is 9.20. The number of nitrogens with zero attached hydrogens (tertiary/aromatic N) is 4. The standard InChI is InChI=1S/C11H12N6O2/c12-9-8-10(14-4-13-9)17(5-15-8)7-2-1-6(3-7)11(18)16-19/h1-2,4-7,19H,3H2,(H,16,18)(H2,12,13,14)/t6-,7-/m1/s1. The van der Waals surface area contributed by atoms with E-state index in [9.17, 15) is 4.79 Å². The fourth-order valence-electron chi connectivity index (χ4n) is 2.28. The molecule has 2 atom stereocenters. The van der Waals surface area contributed by atoms with E-state index in [2.05, 4.69) is 15.0 Å². The lowest BCUT2D eigenvalue weighted by Gasteiger charge is -2.12. The molecule has 0 bridgehead atoms. The van der Waals surface area contributed by atoms with Gasteiger partial charge < -0.3 is 10.3 Å². The number of carbonyl (C=O) groups is 1. The third-order valence-corrected chi connectivity index (χ3v) is 3.25. The molecule has 0 spiro atoms. The molecule has 4 N–H and O–H groups in total. The molecule has 1 aliphatic carbocycles. The number of nitrogens with two attached hydrogens (primary N) is 1. The van der Waals surface area contributed by atoms with Gasteiger partial charge in [0.1, 0.15) is 11.8 Å². The van der Waals surface area contributed by atoms with Gasteiger partial charge in [-0.1, -0.05) is 12.2 Å². The minimum absolute atomic E-state index is 0.0402. The predicted octanol–water partition coefficient (Wildman–Crippen LogP) is 0.0311. The number of fused-ring (bicyclic) bond motifs is 1. The molecule has 0 unspecified atom stereocenters. The Hall–Kier alpha value is -2.48. The molecule has 98 valence electrons. The normalized spacial score (nSPS) is 21.9. The van der Waals surface area contributed by atoms with Gasteiger partial charge in [-0.25, -0.2) is 20.4 Å². The lowest BCUT2D eigenvalue weighted by atomic mass is 10.1. The molecule has 8 heteroatoms. The van der Waals surface area contributed by atoms with E-state index >= 15 is 0 Å². The van der Waals surface area contributed by atoms with E-state index in [-0.39, 0.29) is 12.0 Å². The molecule has 0 aromatic carbocycles. The molecular weight excluding hydrogens is 248 g/mol. The number of nitrogen functional groups attached to an aromatic ring is 1. The van der Waals surface area contributed by atoms with Crippen molar-refractivity contribution in [3.05, 3.63) is 24.8 Å². The highest BCUT2D eigenvalue weighted by Gasteiger charge is 2.27. The van der Waals surface area contributed by atoms with Crippen molar-refractivity contribution in [3.63, 3.8) is 0 Å². The van der Waals surface area contributed by atoms with Crippen LogP contribution in [0.1, 0.15) is 12.5 Å². The summed E-state index contributed by atoms with van der Waals surface area (Å²) in [5.74, 6) is -0.445. The van der Waals surface area contributed by atoms with Gasteiger partial charge in [0.2, 0.25) is 5.91 Å². The van der Waals surface area contributed by atoms with Crippen LogP contribution in [0.15, 0.2) is 24.8 Å². The smallest absolute Gasteiger partial charge is 0.250 e. The summed E-state index contributed by atoms with van der Waals surface area (Å²) in [5, 5.41) is 8.63. The van der Waals surface area contributed by atoms with Crippen molar-refractivity contribution in [2.24, 2.45) is 5.92 Å². The summed E-state index contributed by atoms with van der Waals surface area (Å²) in [6.07, 6.45) is 7.20. The molecule has 0 aliphatic heterocycles. The van der Waals surface area contributed by atoms with Crippen molar-refractivity contribution in [2.75, 3.05) is 5.73 Å². The quantitative estimate of drug-likeness (QED) is 0.398. The fraction of sp³-hybridized carbons (Fsp3) is 0.273. The Balaban J connectivity index is 1.93. The first-order valence-electron chi connectivity index (χ1n) is 5.76. The lowest BCUT2D eigenvalue weighted by Crippen LogP contribution is -2.26. The monoisotopic (exact) mass is 260 g/mol. The summed E-state index contributed by atoms with van der Waals surface area (Å²) in [7, 11) is 0. The fourth-order valence-corrected chi connectivity index (χ4v) is 2.28. The van der Waals surface area contributed by atoms with Crippen LogP contribution in [0.2, 0.25) is 0 Å². The molecule has 8 nitrogen and oxygen atoms in total. The van der Waals surface area contributed by atoms with E-state index in [1.54, 1.807) is 17.9 Å². The highest BCUT2D eigenvalue weighted by atomic mass is 16.5. The molecule has 0 radical (unpaired) electrons. The maximum absolute atomic E-state index is 11.4. The van der Waals surface area contributed by atoms with E-state index < -0.39 is 5.91 Å². The van der Waals surface area contributed by atoms with E-state index in [0.717, 1.165) is 0 Å². The molecule has 3 rings (SSSR count). The van der Waals surface area contributed by atoms with Gasteiger partial charge in [-0.05, 0) is 6.42 Å². The Labute approximate surface area is 107 Å². The number of hydrogen-bond acceptors (Lipinski definition) is 6. The summed E-state index contributed by atoms with van der Waals surface area (Å²) in [5.41, 5.74) is 8.56. The number of imidazole rings is 1. The van der Waals surface area contributed by atoms with E-state index in [4.69, 9.17) is 10.9 Å². The number of rotatable bonds is 2. The van der Waals surface area contributed by atoms with Gasteiger partial charge in [-0.3, -0.25) is 10.0 Å². The van der Waals surface area contributed by atoms with Crippen molar-refractivity contribution in [1.29, 1.82) is 0 Å². The first kappa shape index (κ1) is 11.6. The van der Waals surface area contributed by atoms with Crippen LogP contribution in [-0.2, 0) is 4.79 Å². The summed E-state index contributed by atoms with van der Waals surface area (Å²) < 4.78 is 1.84. The number of aromatic nitrogens is 4. The number of anilines is 1. The molecule has 0 saturated carbocycles. The summed E-state index contributed by atoms with van der Waals surface area (Å²) in [4.78, 5) is 23.6. The average molecular weight is 260 g/mol. The SMILES string of the molecule is Nc1ncnc2c1ncn2[C@@H]1C=C[C@@H](C(=O)NO)C1. The molecule has 1 aliphatic rings. The Kier molecular flexibility index (Phi) is 2.64. The van der Waals surface area contributed by atoms with Gasteiger partial charge in [-0.2, -0.15) is 0 Å². The van der Waals surface area contributed by atoms with Gasteiger partial charge in [0.25, 0.3) is 0 Å². The van der Waals surface area contributed by atoms with E-state index in [0.29, 0.717) is 23.4 Å². The van der Waals surface area contributed by atoms with Crippen LogP contribution < -0.4 is 11.2 Å². The Bertz CT molecular complexity index is 664. The number of hydroxylamine groups is 1. The van der Waals surface area contributed by atoms with Crippen LogP contribution in [0, 0.1) is 5.92 Å². The van der Waals surface area contributed by atoms with Crippen LogP contribution >= 0.6 is 0 Å². The molecule has 2 aromatic rings. The molecule has 1 amide bonds. The summed E-state index contributed by atoms with van der Waals surface area (Å²) in [6.45, 7) is 0. The Morgan fingerprint density at radius 1 is 1.42 bits per heavy atom. The second-order valence-corrected chi connectivity index (χ2v) is 4.35. The van der Waals surface area contributed by atoms with Crippen LogP contribution in [0.3, 0.4) is 0 Å². The highest BCUT2D eigenvalue weighted by molar-refractivity contribution is 5.82. The number of carbonyl (C=O) groups excluding carboxylic acids is 1.